The molecule has 1 atom stereocenters. The molecule has 0 bridgehead atoms. The molecule has 0 spiro atoms. The zero-order chi connectivity index (χ0) is 20.2. The SMILES string of the molecule is CCOC(=O)/C=C(/c1ccc(F)cc1)C1(F)CCN(C(=O)OC(C)(C)C)C1. The van der Waals surface area contributed by atoms with Crippen molar-refractivity contribution < 1.29 is 27.8 Å². The second-order valence-electron chi connectivity index (χ2n) is 7.43. The highest BCUT2D eigenvalue weighted by atomic mass is 19.1. The van der Waals surface area contributed by atoms with E-state index in [1.165, 1.54) is 29.2 Å². The highest BCUT2D eigenvalue weighted by Crippen LogP contribution is 2.39. The van der Waals surface area contributed by atoms with E-state index in [1.54, 1.807) is 27.7 Å². The molecule has 5 nitrogen and oxygen atoms in total. The molecule has 0 saturated carbocycles. The van der Waals surface area contributed by atoms with Gasteiger partial charge in [-0.1, -0.05) is 12.1 Å². The molecule has 1 aromatic rings. The normalized spacial score (nSPS) is 20.5. The monoisotopic (exact) mass is 381 g/mol. The summed E-state index contributed by atoms with van der Waals surface area (Å²) in [6.45, 7) is 6.87. The number of hydrogen-bond acceptors (Lipinski definition) is 4. The molecule has 148 valence electrons. The van der Waals surface area contributed by atoms with Crippen LogP contribution in [0.5, 0.6) is 0 Å². The van der Waals surface area contributed by atoms with Crippen LogP contribution in [0, 0.1) is 5.82 Å². The van der Waals surface area contributed by atoms with Gasteiger partial charge in [-0.05, 0) is 45.4 Å². The molecule has 1 fully saturated rings. The Morgan fingerprint density at radius 1 is 1.26 bits per heavy atom. The Hall–Kier alpha value is -2.44. The lowest BCUT2D eigenvalue weighted by molar-refractivity contribution is -0.137. The van der Waals surface area contributed by atoms with Gasteiger partial charge in [-0.3, -0.25) is 0 Å². The molecule has 1 aliphatic heterocycles. The predicted molar refractivity (Wildman–Crippen MR) is 97.3 cm³/mol. The van der Waals surface area contributed by atoms with Crippen LogP contribution in [-0.2, 0) is 14.3 Å². The van der Waals surface area contributed by atoms with Crippen LogP contribution in [-0.4, -0.2) is 47.9 Å². The van der Waals surface area contributed by atoms with Gasteiger partial charge in [0.25, 0.3) is 0 Å². The van der Waals surface area contributed by atoms with Crippen LogP contribution in [0.2, 0.25) is 0 Å². The van der Waals surface area contributed by atoms with Gasteiger partial charge >= 0.3 is 12.1 Å². The van der Waals surface area contributed by atoms with Crippen molar-refractivity contribution in [1.82, 2.24) is 4.90 Å². The maximum atomic E-state index is 15.8. The van der Waals surface area contributed by atoms with Gasteiger partial charge in [0.05, 0.1) is 13.2 Å². The zero-order valence-corrected chi connectivity index (χ0v) is 16.1. The fraction of sp³-hybridized carbons (Fsp3) is 0.500. The summed E-state index contributed by atoms with van der Waals surface area (Å²) in [6, 6.07) is 5.19. The van der Waals surface area contributed by atoms with E-state index in [0.29, 0.717) is 5.56 Å². The molecule has 1 saturated heterocycles. The smallest absolute Gasteiger partial charge is 0.410 e. The topological polar surface area (TPSA) is 55.8 Å². The number of amides is 1. The summed E-state index contributed by atoms with van der Waals surface area (Å²) >= 11 is 0. The van der Waals surface area contributed by atoms with Crippen LogP contribution < -0.4 is 0 Å². The minimum Gasteiger partial charge on any atom is -0.463 e. The second-order valence-corrected chi connectivity index (χ2v) is 7.43. The third-order valence-electron chi connectivity index (χ3n) is 4.06. The van der Waals surface area contributed by atoms with E-state index in [1.807, 2.05) is 0 Å². The minimum atomic E-state index is -1.97. The summed E-state index contributed by atoms with van der Waals surface area (Å²) in [5, 5.41) is 0. The maximum Gasteiger partial charge on any atom is 0.410 e. The van der Waals surface area contributed by atoms with Gasteiger partial charge in [-0.2, -0.15) is 0 Å². The van der Waals surface area contributed by atoms with Crippen molar-refractivity contribution in [2.75, 3.05) is 19.7 Å². The van der Waals surface area contributed by atoms with Gasteiger partial charge in [-0.15, -0.1) is 0 Å². The second kappa shape index (κ2) is 8.06. The lowest BCUT2D eigenvalue weighted by Crippen LogP contribution is -2.38. The van der Waals surface area contributed by atoms with Crippen molar-refractivity contribution in [3.8, 4) is 0 Å². The van der Waals surface area contributed by atoms with Crippen LogP contribution >= 0.6 is 0 Å². The van der Waals surface area contributed by atoms with Crippen LogP contribution in [0.15, 0.2) is 30.3 Å². The lowest BCUT2D eigenvalue weighted by Gasteiger charge is -2.26. The molecule has 7 heteroatoms. The molecule has 1 aliphatic rings. The van der Waals surface area contributed by atoms with Crippen LogP contribution in [0.1, 0.15) is 39.7 Å². The number of rotatable bonds is 4. The molecule has 1 aromatic carbocycles. The van der Waals surface area contributed by atoms with Crippen LogP contribution in [0.3, 0.4) is 0 Å². The van der Waals surface area contributed by atoms with Gasteiger partial charge < -0.3 is 14.4 Å². The first-order valence-electron chi connectivity index (χ1n) is 8.86. The largest absolute Gasteiger partial charge is 0.463 e. The number of nitrogens with zero attached hydrogens (tertiary/aromatic N) is 1. The minimum absolute atomic E-state index is 0.00510. The molecule has 0 N–H and O–H groups in total. The average molecular weight is 381 g/mol. The first kappa shape index (κ1) is 20.9. The van der Waals surface area contributed by atoms with Gasteiger partial charge in [0.2, 0.25) is 0 Å². The van der Waals surface area contributed by atoms with Gasteiger partial charge in [0.15, 0.2) is 5.67 Å². The maximum absolute atomic E-state index is 15.8. The number of esters is 1. The van der Waals surface area contributed by atoms with Crippen molar-refractivity contribution in [3.63, 3.8) is 0 Å². The highest BCUT2D eigenvalue weighted by molar-refractivity contribution is 5.93. The predicted octanol–water partition coefficient (Wildman–Crippen LogP) is 4.12. The van der Waals surface area contributed by atoms with E-state index in [2.05, 4.69) is 0 Å². The standard InChI is InChI=1S/C20H25F2NO4/c1-5-26-17(24)12-16(14-6-8-15(21)9-7-14)20(22)10-11-23(13-20)18(25)27-19(2,3)4/h6-9,12H,5,10-11,13H2,1-4H3/b16-12-. The van der Waals surface area contributed by atoms with E-state index in [4.69, 9.17) is 9.47 Å². The summed E-state index contributed by atoms with van der Waals surface area (Å²) in [5.41, 5.74) is -2.24. The molecule has 0 aliphatic carbocycles. The molecular weight excluding hydrogens is 356 g/mol. The van der Waals surface area contributed by atoms with E-state index >= 15 is 4.39 Å². The Balaban J connectivity index is 2.31. The van der Waals surface area contributed by atoms with E-state index < -0.39 is 29.1 Å². The number of halogens is 2. The molecule has 27 heavy (non-hydrogen) atoms. The summed E-state index contributed by atoms with van der Waals surface area (Å²) < 4.78 is 39.2. The van der Waals surface area contributed by atoms with Crippen molar-refractivity contribution in [1.29, 1.82) is 0 Å². The number of alkyl halides is 1. The Kier molecular flexibility index (Phi) is 6.23. The number of ether oxygens (including phenoxy) is 2. The van der Waals surface area contributed by atoms with Crippen molar-refractivity contribution >= 4 is 17.6 Å². The average Bonchev–Trinajstić information content (AvgIpc) is 2.96. The fourth-order valence-electron chi connectivity index (χ4n) is 2.88. The van der Waals surface area contributed by atoms with Gasteiger partial charge in [0.1, 0.15) is 11.4 Å². The van der Waals surface area contributed by atoms with Crippen LogP contribution in [0.25, 0.3) is 5.57 Å². The first-order valence-corrected chi connectivity index (χ1v) is 8.86. The van der Waals surface area contributed by atoms with E-state index in [0.717, 1.165) is 6.08 Å². The van der Waals surface area contributed by atoms with Crippen molar-refractivity contribution in [2.45, 2.75) is 45.4 Å². The molecule has 0 aromatic heterocycles. The van der Waals surface area contributed by atoms with Gasteiger partial charge in [0, 0.05) is 24.6 Å². The zero-order valence-electron chi connectivity index (χ0n) is 16.1. The number of benzene rings is 1. The molecule has 1 heterocycles. The Bertz CT molecular complexity index is 724. The Morgan fingerprint density at radius 2 is 1.89 bits per heavy atom. The van der Waals surface area contributed by atoms with Crippen molar-refractivity contribution in [3.05, 3.63) is 41.7 Å². The van der Waals surface area contributed by atoms with Crippen LogP contribution in [0.4, 0.5) is 13.6 Å². The van der Waals surface area contributed by atoms with Gasteiger partial charge in [-0.25, -0.2) is 18.4 Å². The lowest BCUT2D eigenvalue weighted by atomic mass is 9.88. The quantitative estimate of drug-likeness (QED) is 0.582. The van der Waals surface area contributed by atoms with E-state index in [9.17, 15) is 14.0 Å². The first-order chi connectivity index (χ1) is 12.5. The molecular formula is C20H25F2NO4. The molecule has 2 rings (SSSR count). The van der Waals surface area contributed by atoms with Crippen molar-refractivity contribution in [2.24, 2.45) is 0 Å². The third kappa shape index (κ3) is 5.52. The molecule has 1 amide bonds. The molecule has 0 radical (unpaired) electrons. The highest BCUT2D eigenvalue weighted by Gasteiger charge is 2.45. The number of carbonyl (C=O) groups excluding carboxylic acids is 2. The summed E-state index contributed by atoms with van der Waals surface area (Å²) in [4.78, 5) is 25.5. The third-order valence-corrected chi connectivity index (χ3v) is 4.06. The Morgan fingerprint density at radius 3 is 2.44 bits per heavy atom. The Labute approximate surface area is 157 Å². The van der Waals surface area contributed by atoms with E-state index in [-0.39, 0.29) is 31.7 Å². The fourth-order valence-corrected chi connectivity index (χ4v) is 2.88. The number of hydrogen-bond donors (Lipinski definition) is 0. The number of carbonyl (C=O) groups is 2. The summed E-state index contributed by atoms with van der Waals surface area (Å²) in [7, 11) is 0. The number of likely N-dealkylation sites (tertiary alicyclic amines) is 1. The molecule has 1 unspecified atom stereocenters. The summed E-state index contributed by atoms with van der Waals surface area (Å²) in [6.07, 6.45) is 0.459. The summed E-state index contributed by atoms with van der Waals surface area (Å²) in [5.74, 6) is -1.16.